The number of allylic oxidation sites excluding steroid dienone is 1. The molecule has 2 rings (SSSR count). The van der Waals surface area contributed by atoms with Crippen molar-refractivity contribution in [2.75, 3.05) is 0 Å². The molecular formula is C14H15ClFN3S. The first-order valence-electron chi connectivity index (χ1n) is 6.26. The van der Waals surface area contributed by atoms with Crippen LogP contribution < -0.4 is 0 Å². The number of halogens is 2. The summed E-state index contributed by atoms with van der Waals surface area (Å²) < 4.78 is 15.7. The van der Waals surface area contributed by atoms with Gasteiger partial charge in [0.15, 0.2) is 5.16 Å². The number of benzene rings is 1. The lowest BCUT2D eigenvalue weighted by Gasteiger charge is -2.07. The molecule has 1 aromatic carbocycles. The molecule has 0 N–H and O–H groups in total. The van der Waals surface area contributed by atoms with Crippen molar-refractivity contribution in [3.05, 3.63) is 53.1 Å². The van der Waals surface area contributed by atoms with Gasteiger partial charge in [0.2, 0.25) is 0 Å². The Bertz CT molecular complexity index is 592. The molecule has 6 heteroatoms. The third kappa shape index (κ3) is 3.22. The Hall–Kier alpha value is -1.33. The number of rotatable bonds is 6. The zero-order valence-electron chi connectivity index (χ0n) is 11.1. The van der Waals surface area contributed by atoms with Gasteiger partial charge in [0.1, 0.15) is 11.6 Å². The van der Waals surface area contributed by atoms with Gasteiger partial charge in [0, 0.05) is 29.3 Å². The van der Waals surface area contributed by atoms with Gasteiger partial charge in [-0.05, 0) is 12.1 Å². The molecule has 0 atom stereocenters. The molecule has 0 amide bonds. The highest BCUT2D eigenvalue weighted by Crippen LogP contribution is 2.28. The third-order valence-corrected chi connectivity index (χ3v) is 4.18. The molecule has 0 aliphatic heterocycles. The van der Waals surface area contributed by atoms with E-state index in [4.69, 9.17) is 11.6 Å². The van der Waals surface area contributed by atoms with Crippen molar-refractivity contribution in [1.29, 1.82) is 0 Å². The summed E-state index contributed by atoms with van der Waals surface area (Å²) in [6.45, 7) is 6.39. The zero-order valence-corrected chi connectivity index (χ0v) is 12.7. The van der Waals surface area contributed by atoms with E-state index in [-0.39, 0.29) is 5.82 Å². The van der Waals surface area contributed by atoms with Crippen LogP contribution in [0.3, 0.4) is 0 Å². The van der Waals surface area contributed by atoms with E-state index in [1.54, 1.807) is 18.2 Å². The van der Waals surface area contributed by atoms with Crippen molar-refractivity contribution in [2.24, 2.45) is 0 Å². The summed E-state index contributed by atoms with van der Waals surface area (Å²) in [5.74, 6) is 1.02. The minimum absolute atomic E-state index is 0.296. The van der Waals surface area contributed by atoms with E-state index in [1.165, 1.54) is 17.8 Å². The molecule has 0 aliphatic carbocycles. The number of aryl methyl sites for hydroxylation is 1. The second kappa shape index (κ2) is 6.90. The van der Waals surface area contributed by atoms with Crippen molar-refractivity contribution < 1.29 is 4.39 Å². The molecule has 0 aliphatic rings. The molecule has 0 unspecified atom stereocenters. The molecule has 0 bridgehead atoms. The highest BCUT2D eigenvalue weighted by Gasteiger charge is 2.13. The highest BCUT2D eigenvalue weighted by atomic mass is 35.5. The van der Waals surface area contributed by atoms with Gasteiger partial charge in [-0.15, -0.1) is 16.8 Å². The molecule has 106 valence electrons. The van der Waals surface area contributed by atoms with Crippen LogP contribution >= 0.6 is 23.4 Å². The number of nitrogens with zero attached hydrogens (tertiary/aromatic N) is 3. The molecule has 0 spiro atoms. The first-order chi connectivity index (χ1) is 9.67. The Kier molecular flexibility index (Phi) is 5.20. The average Bonchev–Trinajstić information content (AvgIpc) is 2.81. The van der Waals surface area contributed by atoms with E-state index >= 15 is 0 Å². The van der Waals surface area contributed by atoms with Crippen molar-refractivity contribution in [2.45, 2.75) is 30.8 Å². The quantitative estimate of drug-likeness (QED) is 0.594. The van der Waals surface area contributed by atoms with Crippen LogP contribution in [0, 0.1) is 5.82 Å². The summed E-state index contributed by atoms with van der Waals surface area (Å²) in [6.07, 6.45) is 2.59. The largest absolute Gasteiger partial charge is 0.302 e. The van der Waals surface area contributed by atoms with Crippen LogP contribution in [-0.4, -0.2) is 14.8 Å². The monoisotopic (exact) mass is 311 g/mol. The second-order valence-electron chi connectivity index (χ2n) is 4.14. The van der Waals surface area contributed by atoms with Gasteiger partial charge in [-0.25, -0.2) is 4.39 Å². The highest BCUT2D eigenvalue weighted by molar-refractivity contribution is 7.98. The number of hydrogen-bond acceptors (Lipinski definition) is 3. The van der Waals surface area contributed by atoms with Crippen LogP contribution in [-0.2, 0) is 18.7 Å². The van der Waals surface area contributed by atoms with E-state index < -0.39 is 0 Å². The van der Waals surface area contributed by atoms with Crippen molar-refractivity contribution in [3.63, 3.8) is 0 Å². The number of hydrogen-bond donors (Lipinski definition) is 0. The Morgan fingerprint density at radius 3 is 2.90 bits per heavy atom. The maximum atomic E-state index is 13.7. The topological polar surface area (TPSA) is 30.7 Å². The molecule has 1 heterocycles. The fourth-order valence-electron chi connectivity index (χ4n) is 1.81. The summed E-state index contributed by atoms with van der Waals surface area (Å²) >= 11 is 7.44. The number of thioether (sulfide) groups is 1. The van der Waals surface area contributed by atoms with Crippen LogP contribution in [0.2, 0.25) is 5.02 Å². The van der Waals surface area contributed by atoms with Crippen LogP contribution in [0.25, 0.3) is 0 Å². The zero-order chi connectivity index (χ0) is 14.5. The lowest BCUT2D eigenvalue weighted by Crippen LogP contribution is -2.03. The molecule has 2 aromatic rings. The maximum Gasteiger partial charge on any atom is 0.191 e. The van der Waals surface area contributed by atoms with Gasteiger partial charge in [0.05, 0.1) is 0 Å². The minimum Gasteiger partial charge on any atom is -0.302 e. The molecular weight excluding hydrogens is 297 g/mol. The van der Waals surface area contributed by atoms with Gasteiger partial charge in [-0.1, -0.05) is 42.4 Å². The average molecular weight is 312 g/mol. The molecule has 0 fully saturated rings. The first kappa shape index (κ1) is 15.1. The van der Waals surface area contributed by atoms with Crippen LogP contribution in [0.4, 0.5) is 4.39 Å². The smallest absolute Gasteiger partial charge is 0.191 e. The fourth-order valence-corrected chi connectivity index (χ4v) is 3.12. The van der Waals surface area contributed by atoms with Crippen molar-refractivity contribution in [3.8, 4) is 0 Å². The van der Waals surface area contributed by atoms with Crippen LogP contribution in [0.15, 0.2) is 36.0 Å². The molecule has 20 heavy (non-hydrogen) atoms. The standard InChI is InChI=1S/C14H15ClFN3S/c1-3-8-19-13(4-2)17-18-14(19)20-9-10-11(15)6-5-7-12(10)16/h3,5-7H,1,4,8-9H2,2H3. The predicted octanol–water partition coefficient (Wildman–Crippen LogP) is 4.11. The normalized spacial score (nSPS) is 10.8. The van der Waals surface area contributed by atoms with Gasteiger partial charge in [0.25, 0.3) is 0 Å². The third-order valence-electron chi connectivity index (χ3n) is 2.83. The van der Waals surface area contributed by atoms with E-state index in [1.807, 2.05) is 11.5 Å². The van der Waals surface area contributed by atoms with E-state index in [9.17, 15) is 4.39 Å². The van der Waals surface area contributed by atoms with E-state index in [0.717, 1.165) is 17.4 Å². The lowest BCUT2D eigenvalue weighted by atomic mass is 10.2. The van der Waals surface area contributed by atoms with Crippen molar-refractivity contribution in [1.82, 2.24) is 14.8 Å². The summed E-state index contributed by atoms with van der Waals surface area (Å²) in [6, 6.07) is 4.70. The van der Waals surface area contributed by atoms with E-state index in [0.29, 0.717) is 22.9 Å². The molecule has 0 radical (unpaired) electrons. The Balaban J connectivity index is 2.19. The van der Waals surface area contributed by atoms with Crippen LogP contribution in [0.1, 0.15) is 18.3 Å². The number of aromatic nitrogens is 3. The SMILES string of the molecule is C=CCn1c(CC)nnc1SCc1c(F)cccc1Cl. The minimum atomic E-state index is -0.296. The van der Waals surface area contributed by atoms with E-state index in [2.05, 4.69) is 16.8 Å². The van der Waals surface area contributed by atoms with Crippen molar-refractivity contribution >= 4 is 23.4 Å². The van der Waals surface area contributed by atoms with Gasteiger partial charge in [-0.2, -0.15) is 0 Å². The van der Waals surface area contributed by atoms with Crippen LogP contribution in [0.5, 0.6) is 0 Å². The Labute approximate surface area is 126 Å². The molecule has 3 nitrogen and oxygen atoms in total. The summed E-state index contributed by atoms with van der Waals surface area (Å²) in [5.41, 5.74) is 0.491. The molecule has 0 saturated carbocycles. The fraction of sp³-hybridized carbons (Fsp3) is 0.286. The maximum absolute atomic E-state index is 13.7. The predicted molar refractivity (Wildman–Crippen MR) is 80.6 cm³/mol. The lowest BCUT2D eigenvalue weighted by molar-refractivity contribution is 0.617. The second-order valence-corrected chi connectivity index (χ2v) is 5.49. The summed E-state index contributed by atoms with van der Waals surface area (Å²) in [4.78, 5) is 0. The van der Waals surface area contributed by atoms with Gasteiger partial charge >= 0.3 is 0 Å². The summed E-state index contributed by atoms with van der Waals surface area (Å²) in [5, 5.41) is 9.45. The Morgan fingerprint density at radius 1 is 1.45 bits per heavy atom. The van der Waals surface area contributed by atoms with Gasteiger partial charge in [-0.3, -0.25) is 0 Å². The van der Waals surface area contributed by atoms with Gasteiger partial charge < -0.3 is 4.57 Å². The first-order valence-corrected chi connectivity index (χ1v) is 7.62. The summed E-state index contributed by atoms with van der Waals surface area (Å²) in [7, 11) is 0. The molecule has 1 aromatic heterocycles. The Morgan fingerprint density at radius 2 is 2.25 bits per heavy atom. The molecule has 0 saturated heterocycles.